The van der Waals surface area contributed by atoms with Crippen LogP contribution in [-0.2, 0) is 0 Å². The molecular formula is C14H15N3S2. The molecule has 2 rings (SSSR count). The minimum atomic E-state index is 0.641. The van der Waals surface area contributed by atoms with Crippen molar-refractivity contribution in [2.24, 2.45) is 4.99 Å². The summed E-state index contributed by atoms with van der Waals surface area (Å²) < 4.78 is 0. The lowest BCUT2D eigenvalue weighted by atomic mass is 10.3. The van der Waals surface area contributed by atoms with Crippen LogP contribution in [0.5, 0.6) is 0 Å². The average Bonchev–Trinajstić information content (AvgIpc) is 3.06. The van der Waals surface area contributed by atoms with E-state index >= 15 is 0 Å². The number of thiophene rings is 2. The molecular weight excluding hydrogens is 274 g/mol. The van der Waals surface area contributed by atoms with E-state index in [2.05, 4.69) is 41.9 Å². The first-order chi connectivity index (χ1) is 9.28. The van der Waals surface area contributed by atoms with Gasteiger partial charge in [-0.1, -0.05) is 0 Å². The van der Waals surface area contributed by atoms with Crippen molar-refractivity contribution < 1.29 is 0 Å². The summed E-state index contributed by atoms with van der Waals surface area (Å²) in [6.07, 6.45) is 1.84. The van der Waals surface area contributed by atoms with Gasteiger partial charge in [0.15, 0.2) is 0 Å². The number of aliphatic imine (C=N–C) groups is 1. The van der Waals surface area contributed by atoms with Crippen LogP contribution < -0.4 is 4.90 Å². The molecule has 0 saturated carbocycles. The summed E-state index contributed by atoms with van der Waals surface area (Å²) in [7, 11) is 0. The van der Waals surface area contributed by atoms with Gasteiger partial charge in [0.2, 0.25) is 0 Å². The van der Waals surface area contributed by atoms with Crippen LogP contribution in [-0.4, -0.2) is 19.3 Å². The zero-order chi connectivity index (χ0) is 13.7. The molecule has 2 aromatic heterocycles. The molecule has 0 spiro atoms. The van der Waals surface area contributed by atoms with E-state index in [4.69, 9.17) is 5.26 Å². The predicted octanol–water partition coefficient (Wildman–Crippen LogP) is 4.28. The molecule has 0 bridgehead atoms. The molecule has 0 amide bonds. The van der Waals surface area contributed by atoms with Crippen molar-refractivity contribution >= 4 is 38.9 Å². The molecule has 98 valence electrons. The fourth-order valence-electron chi connectivity index (χ4n) is 1.73. The van der Waals surface area contributed by atoms with Crippen LogP contribution in [0.3, 0.4) is 0 Å². The quantitative estimate of drug-likeness (QED) is 0.771. The molecule has 0 aliphatic carbocycles. The summed E-state index contributed by atoms with van der Waals surface area (Å²) in [5.41, 5.74) is 0.641. The van der Waals surface area contributed by atoms with Gasteiger partial charge in [0, 0.05) is 24.2 Å². The van der Waals surface area contributed by atoms with Gasteiger partial charge in [-0.3, -0.25) is 0 Å². The molecule has 0 unspecified atom stereocenters. The number of nitriles is 1. The molecule has 0 aliphatic rings. The number of anilines is 1. The fourth-order valence-corrected chi connectivity index (χ4v) is 3.42. The van der Waals surface area contributed by atoms with Gasteiger partial charge in [-0.15, -0.1) is 22.7 Å². The first-order valence-electron chi connectivity index (χ1n) is 6.15. The fraction of sp³-hybridized carbons (Fsp3) is 0.286. The van der Waals surface area contributed by atoms with E-state index in [1.165, 1.54) is 16.3 Å². The Kier molecular flexibility index (Phi) is 4.72. The van der Waals surface area contributed by atoms with E-state index in [-0.39, 0.29) is 0 Å². The topological polar surface area (TPSA) is 39.4 Å². The summed E-state index contributed by atoms with van der Waals surface area (Å²) in [5, 5.41) is 12.9. The van der Waals surface area contributed by atoms with E-state index in [0.717, 1.165) is 23.0 Å². The Balaban J connectivity index is 2.14. The van der Waals surface area contributed by atoms with Crippen molar-refractivity contribution in [2.45, 2.75) is 13.8 Å². The summed E-state index contributed by atoms with van der Waals surface area (Å²) in [6.45, 7) is 6.33. The van der Waals surface area contributed by atoms with Crippen molar-refractivity contribution in [3.8, 4) is 6.07 Å². The minimum Gasteiger partial charge on any atom is -0.364 e. The van der Waals surface area contributed by atoms with E-state index in [1.807, 2.05) is 11.6 Å². The molecule has 3 nitrogen and oxygen atoms in total. The summed E-state index contributed by atoms with van der Waals surface area (Å²) in [5.74, 6) is 0. The third-order valence-electron chi connectivity index (χ3n) is 2.76. The molecule has 0 aliphatic heterocycles. The third kappa shape index (κ3) is 3.22. The Morgan fingerprint density at radius 3 is 2.79 bits per heavy atom. The van der Waals surface area contributed by atoms with Gasteiger partial charge in [-0.2, -0.15) is 5.26 Å². The molecule has 0 saturated heterocycles. The second-order valence-electron chi connectivity index (χ2n) is 3.86. The molecule has 0 fully saturated rings. The molecule has 2 heterocycles. The van der Waals surface area contributed by atoms with Crippen LogP contribution in [0.4, 0.5) is 10.0 Å². The molecule has 0 aromatic carbocycles. The number of rotatable bonds is 5. The van der Waals surface area contributed by atoms with Crippen LogP contribution in [0.15, 0.2) is 28.6 Å². The number of hydrogen-bond donors (Lipinski definition) is 0. The van der Waals surface area contributed by atoms with Gasteiger partial charge in [-0.05, 0) is 37.4 Å². The Morgan fingerprint density at radius 2 is 2.11 bits per heavy atom. The zero-order valence-corrected chi connectivity index (χ0v) is 12.6. The van der Waals surface area contributed by atoms with Crippen molar-refractivity contribution in [1.29, 1.82) is 5.26 Å². The Morgan fingerprint density at radius 1 is 1.32 bits per heavy atom. The lowest BCUT2D eigenvalue weighted by Gasteiger charge is -2.17. The molecule has 0 atom stereocenters. The Labute approximate surface area is 121 Å². The monoisotopic (exact) mass is 289 g/mol. The van der Waals surface area contributed by atoms with Gasteiger partial charge >= 0.3 is 0 Å². The highest BCUT2D eigenvalue weighted by Gasteiger charge is 2.05. The lowest BCUT2D eigenvalue weighted by molar-refractivity contribution is 0.876. The second kappa shape index (κ2) is 6.50. The SMILES string of the molecule is CCN(CC)c1ccc(/C=N/c2sccc2C#N)s1. The molecule has 0 N–H and O–H groups in total. The highest BCUT2D eigenvalue weighted by Crippen LogP contribution is 2.28. The number of hydrogen-bond acceptors (Lipinski definition) is 5. The molecule has 2 aromatic rings. The average molecular weight is 289 g/mol. The van der Waals surface area contributed by atoms with E-state index < -0.39 is 0 Å². The first kappa shape index (κ1) is 13.8. The van der Waals surface area contributed by atoms with Crippen LogP contribution in [0.2, 0.25) is 0 Å². The molecule has 5 heteroatoms. The Hall–Kier alpha value is -1.64. The summed E-state index contributed by atoms with van der Waals surface area (Å²) >= 11 is 3.21. The largest absolute Gasteiger partial charge is 0.364 e. The maximum absolute atomic E-state index is 8.92. The van der Waals surface area contributed by atoms with E-state index in [1.54, 1.807) is 17.4 Å². The second-order valence-corrected chi connectivity index (χ2v) is 5.85. The highest BCUT2D eigenvalue weighted by molar-refractivity contribution is 7.17. The minimum absolute atomic E-state index is 0.641. The van der Waals surface area contributed by atoms with Gasteiger partial charge < -0.3 is 4.90 Å². The number of nitrogens with zero attached hydrogens (tertiary/aromatic N) is 3. The van der Waals surface area contributed by atoms with Crippen LogP contribution >= 0.6 is 22.7 Å². The van der Waals surface area contributed by atoms with Crippen LogP contribution in [0, 0.1) is 11.3 Å². The highest BCUT2D eigenvalue weighted by atomic mass is 32.1. The maximum atomic E-state index is 8.92. The first-order valence-corrected chi connectivity index (χ1v) is 7.84. The van der Waals surface area contributed by atoms with Crippen LogP contribution in [0.25, 0.3) is 0 Å². The van der Waals surface area contributed by atoms with Crippen molar-refractivity contribution in [3.63, 3.8) is 0 Å². The maximum Gasteiger partial charge on any atom is 0.133 e. The van der Waals surface area contributed by atoms with Gasteiger partial charge in [0.05, 0.1) is 10.6 Å². The zero-order valence-electron chi connectivity index (χ0n) is 11.0. The van der Waals surface area contributed by atoms with Crippen LogP contribution in [0.1, 0.15) is 24.3 Å². The van der Waals surface area contributed by atoms with E-state index in [9.17, 15) is 0 Å². The third-order valence-corrected chi connectivity index (χ3v) is 4.66. The van der Waals surface area contributed by atoms with E-state index in [0.29, 0.717) is 5.56 Å². The smallest absolute Gasteiger partial charge is 0.133 e. The normalized spacial score (nSPS) is 10.8. The van der Waals surface area contributed by atoms with Crippen molar-refractivity contribution in [3.05, 3.63) is 34.0 Å². The van der Waals surface area contributed by atoms with Gasteiger partial charge in [0.25, 0.3) is 0 Å². The lowest BCUT2D eigenvalue weighted by Crippen LogP contribution is -2.20. The van der Waals surface area contributed by atoms with Crippen molar-refractivity contribution in [2.75, 3.05) is 18.0 Å². The Bertz CT molecular complexity index is 600. The van der Waals surface area contributed by atoms with Crippen molar-refractivity contribution in [1.82, 2.24) is 0 Å². The summed E-state index contributed by atoms with van der Waals surface area (Å²) in [4.78, 5) is 7.82. The molecule has 19 heavy (non-hydrogen) atoms. The standard InChI is InChI=1S/C14H15N3S2/c1-3-17(4-2)13-6-5-12(19-13)10-16-14-11(9-15)7-8-18-14/h5-8,10H,3-4H2,1-2H3/b16-10+. The molecule has 0 radical (unpaired) electrons. The van der Waals surface area contributed by atoms with Gasteiger partial charge in [0.1, 0.15) is 11.1 Å². The summed E-state index contributed by atoms with van der Waals surface area (Å²) in [6, 6.07) is 8.14. The predicted molar refractivity (Wildman–Crippen MR) is 84.2 cm³/mol. The van der Waals surface area contributed by atoms with Gasteiger partial charge in [-0.25, -0.2) is 4.99 Å².